The van der Waals surface area contributed by atoms with E-state index in [4.69, 9.17) is 4.84 Å². The van der Waals surface area contributed by atoms with Crippen molar-refractivity contribution in [1.29, 1.82) is 0 Å². The Labute approximate surface area is 96.5 Å². The van der Waals surface area contributed by atoms with Crippen LogP contribution in [-0.4, -0.2) is 12.1 Å². The Kier molecular flexibility index (Phi) is 2.25. The summed E-state index contributed by atoms with van der Waals surface area (Å²) in [5.41, 5.74) is 4.03. The third-order valence-corrected chi connectivity index (χ3v) is 3.27. The molecule has 2 heterocycles. The fourth-order valence-electron chi connectivity index (χ4n) is 2.67. The van der Waals surface area contributed by atoms with Gasteiger partial charge in [0.25, 0.3) is 0 Å². The highest BCUT2D eigenvalue weighted by molar-refractivity contribution is 5.56. The van der Waals surface area contributed by atoms with E-state index in [-0.39, 0.29) is 0 Å². The molecule has 0 unspecified atom stereocenters. The monoisotopic (exact) mass is 215 g/mol. The zero-order valence-corrected chi connectivity index (χ0v) is 9.81. The molecule has 0 saturated carbocycles. The maximum atomic E-state index is 5.93. The lowest BCUT2D eigenvalue weighted by molar-refractivity contribution is 0.0752. The van der Waals surface area contributed by atoms with Crippen LogP contribution in [-0.2, 0) is 11.3 Å². The molecule has 2 nitrogen and oxygen atoms in total. The number of hydrogen-bond donors (Lipinski definition) is 0. The average Bonchev–Trinajstić information content (AvgIpc) is 2.56. The summed E-state index contributed by atoms with van der Waals surface area (Å²) in [6.45, 7) is 4.30. The summed E-state index contributed by atoms with van der Waals surface area (Å²) in [6, 6.07) is 8.98. The van der Waals surface area contributed by atoms with Crippen molar-refractivity contribution in [2.24, 2.45) is 0 Å². The zero-order chi connectivity index (χ0) is 11.1. The second kappa shape index (κ2) is 3.63. The van der Waals surface area contributed by atoms with Gasteiger partial charge in [-0.15, -0.1) is 0 Å². The Hall–Kier alpha value is -1.28. The van der Waals surface area contributed by atoms with E-state index in [2.05, 4.69) is 49.3 Å². The zero-order valence-electron chi connectivity index (χ0n) is 9.81. The topological polar surface area (TPSA) is 12.5 Å². The highest BCUT2D eigenvalue weighted by Crippen LogP contribution is 2.38. The van der Waals surface area contributed by atoms with E-state index in [9.17, 15) is 0 Å². The van der Waals surface area contributed by atoms with E-state index in [1.54, 1.807) is 0 Å². The summed E-state index contributed by atoms with van der Waals surface area (Å²) < 4.78 is 0. The van der Waals surface area contributed by atoms with E-state index in [1.165, 1.54) is 16.8 Å². The minimum absolute atomic E-state index is 0.371. The molecule has 16 heavy (non-hydrogen) atoms. The summed E-state index contributed by atoms with van der Waals surface area (Å²) in [6.07, 6.45) is 4.84. The van der Waals surface area contributed by atoms with Gasteiger partial charge in [0.2, 0.25) is 0 Å². The van der Waals surface area contributed by atoms with Crippen LogP contribution in [0.2, 0.25) is 0 Å². The van der Waals surface area contributed by atoms with Crippen molar-refractivity contribution in [3.63, 3.8) is 0 Å². The first-order valence-electron chi connectivity index (χ1n) is 5.93. The summed E-state index contributed by atoms with van der Waals surface area (Å²) >= 11 is 0. The van der Waals surface area contributed by atoms with E-state index in [0.29, 0.717) is 12.1 Å². The molecule has 3 rings (SSSR count). The van der Waals surface area contributed by atoms with Gasteiger partial charge in [-0.1, -0.05) is 29.8 Å². The maximum Gasteiger partial charge on any atom is 0.0921 e. The van der Waals surface area contributed by atoms with Gasteiger partial charge in [0.15, 0.2) is 0 Å². The molecule has 1 fully saturated rings. The van der Waals surface area contributed by atoms with Gasteiger partial charge in [-0.25, -0.2) is 5.06 Å². The molecule has 2 heteroatoms. The molecule has 0 aliphatic carbocycles. The number of benzene rings is 1. The number of hydroxylamine groups is 1. The van der Waals surface area contributed by atoms with Gasteiger partial charge in [0.05, 0.1) is 17.8 Å². The fraction of sp³-hybridized carbons (Fsp3) is 0.429. The van der Waals surface area contributed by atoms with Crippen LogP contribution in [0.3, 0.4) is 0 Å². The van der Waals surface area contributed by atoms with E-state index in [0.717, 1.165) is 12.8 Å². The van der Waals surface area contributed by atoms with Gasteiger partial charge in [-0.3, -0.25) is 4.84 Å². The smallest absolute Gasteiger partial charge is 0.0921 e. The van der Waals surface area contributed by atoms with Gasteiger partial charge in [-0.05, 0) is 25.5 Å². The van der Waals surface area contributed by atoms with Crippen LogP contribution in [0.1, 0.15) is 25.8 Å². The molecular formula is C14H17NO. The van der Waals surface area contributed by atoms with Crippen LogP contribution in [0.5, 0.6) is 0 Å². The highest BCUT2D eigenvalue weighted by atomic mass is 16.7. The van der Waals surface area contributed by atoms with E-state index in [1.807, 2.05) is 0 Å². The number of nitrogens with zero attached hydrogens (tertiary/aromatic N) is 1. The molecule has 0 radical (unpaired) electrons. The third-order valence-electron chi connectivity index (χ3n) is 3.27. The molecule has 2 atom stereocenters. The molecule has 1 aromatic carbocycles. The lowest BCUT2D eigenvalue weighted by Crippen LogP contribution is -2.30. The molecule has 0 N–H and O–H groups in total. The normalized spacial score (nSPS) is 26.5. The number of hydrogen-bond acceptors (Lipinski definition) is 2. The summed E-state index contributed by atoms with van der Waals surface area (Å²) in [4.78, 5) is 5.93. The molecule has 1 aromatic rings. The van der Waals surface area contributed by atoms with Crippen LogP contribution in [0.4, 0.5) is 5.69 Å². The van der Waals surface area contributed by atoms with Crippen molar-refractivity contribution in [3.8, 4) is 0 Å². The fourth-order valence-corrected chi connectivity index (χ4v) is 2.67. The minimum Gasteiger partial charge on any atom is -0.269 e. The minimum atomic E-state index is 0.371. The Morgan fingerprint density at radius 1 is 1.38 bits per heavy atom. The third kappa shape index (κ3) is 1.54. The molecule has 2 aliphatic heterocycles. The molecule has 84 valence electrons. The number of rotatable bonds is 1. The average molecular weight is 215 g/mol. The molecule has 0 aromatic heterocycles. The van der Waals surface area contributed by atoms with Crippen LogP contribution >= 0.6 is 0 Å². The van der Waals surface area contributed by atoms with Crippen LogP contribution in [0.25, 0.3) is 0 Å². The van der Waals surface area contributed by atoms with Gasteiger partial charge < -0.3 is 0 Å². The summed E-state index contributed by atoms with van der Waals surface area (Å²) in [5.74, 6) is 0. The van der Waals surface area contributed by atoms with Crippen LogP contribution in [0.15, 0.2) is 35.9 Å². The summed E-state index contributed by atoms with van der Waals surface area (Å²) in [5, 5.41) is 2.09. The predicted molar refractivity (Wildman–Crippen MR) is 65.3 cm³/mol. The lowest BCUT2D eigenvalue weighted by Gasteiger charge is -2.29. The van der Waals surface area contributed by atoms with Crippen LogP contribution in [0, 0.1) is 0 Å². The summed E-state index contributed by atoms with van der Waals surface area (Å²) in [7, 11) is 0. The van der Waals surface area contributed by atoms with Gasteiger partial charge in [-0.2, -0.15) is 0 Å². The first kappa shape index (κ1) is 9.91. The van der Waals surface area contributed by atoms with Gasteiger partial charge in [0, 0.05) is 12.8 Å². The van der Waals surface area contributed by atoms with Crippen molar-refractivity contribution in [2.45, 2.75) is 38.8 Å². The van der Waals surface area contributed by atoms with Gasteiger partial charge in [0.1, 0.15) is 0 Å². The standard InChI is InChI=1S/C14H17NO/c1-10(2)7-12-9-13-8-11-5-3-4-6-14(11)15(12)16-13/h3-7,12-13H,8-9H2,1-2H3/t12-,13-/m1/s1. The second-order valence-corrected chi connectivity index (χ2v) is 4.93. The van der Waals surface area contributed by atoms with Crippen molar-refractivity contribution in [3.05, 3.63) is 41.5 Å². The lowest BCUT2D eigenvalue weighted by atomic mass is 10.0. The Bertz CT molecular complexity index is 434. The van der Waals surface area contributed by atoms with Crippen molar-refractivity contribution >= 4 is 5.69 Å². The largest absolute Gasteiger partial charge is 0.269 e. The number of para-hydroxylation sites is 1. The molecule has 1 saturated heterocycles. The second-order valence-electron chi connectivity index (χ2n) is 4.93. The van der Waals surface area contributed by atoms with Crippen LogP contribution < -0.4 is 5.06 Å². The predicted octanol–water partition coefficient (Wildman–Crippen LogP) is 3.09. The van der Waals surface area contributed by atoms with Crippen molar-refractivity contribution in [1.82, 2.24) is 0 Å². The highest BCUT2D eigenvalue weighted by Gasteiger charge is 2.37. The molecular weight excluding hydrogens is 198 g/mol. The first-order chi connectivity index (χ1) is 7.74. The Morgan fingerprint density at radius 2 is 2.19 bits per heavy atom. The molecule has 2 bridgehead atoms. The number of anilines is 1. The number of fused-ring (bicyclic) bond motifs is 4. The molecule has 0 amide bonds. The van der Waals surface area contributed by atoms with E-state index < -0.39 is 0 Å². The molecule has 0 spiro atoms. The Balaban J connectivity index is 1.99. The molecule has 2 aliphatic rings. The maximum absolute atomic E-state index is 5.93. The van der Waals surface area contributed by atoms with E-state index >= 15 is 0 Å². The van der Waals surface area contributed by atoms with Crippen molar-refractivity contribution < 1.29 is 4.84 Å². The van der Waals surface area contributed by atoms with Crippen molar-refractivity contribution in [2.75, 3.05) is 5.06 Å². The quantitative estimate of drug-likeness (QED) is 0.667. The SMILES string of the molecule is CC(C)=C[C@@H]1C[C@H]2Cc3ccccc3N1O2. The van der Waals surface area contributed by atoms with Gasteiger partial charge >= 0.3 is 0 Å². The number of allylic oxidation sites excluding steroid dienone is 1. The first-order valence-corrected chi connectivity index (χ1v) is 5.93. The Morgan fingerprint density at radius 3 is 3.00 bits per heavy atom.